The van der Waals surface area contributed by atoms with Gasteiger partial charge < -0.3 is 4.74 Å². The van der Waals surface area contributed by atoms with E-state index < -0.39 is 0 Å². The maximum atomic E-state index is 6.43. The third kappa shape index (κ3) is 3.48. The molecule has 0 amide bonds. The van der Waals surface area contributed by atoms with Crippen LogP contribution in [0.2, 0.25) is 0 Å². The Morgan fingerprint density at radius 3 is 2.70 bits per heavy atom. The van der Waals surface area contributed by atoms with E-state index in [-0.39, 0.29) is 6.10 Å². The molecular formula is C19H25N3O. The first-order valence-corrected chi connectivity index (χ1v) is 8.76. The predicted molar refractivity (Wildman–Crippen MR) is 90.0 cm³/mol. The number of aromatic nitrogens is 2. The summed E-state index contributed by atoms with van der Waals surface area (Å²) in [6.45, 7) is 6.03. The molecular weight excluding hydrogens is 286 g/mol. The standard InChI is InChI=1S/C19H25N3O/c1-2-22-12-15(10-20-22)11-21-13-18(16-6-4-3-5-7-16)23-19(14-21)17-8-9-17/h3-7,10,12,17-19H,2,8-9,11,13-14H2,1H3/t18-,19+/m0/s1. The van der Waals surface area contributed by atoms with Gasteiger partial charge in [0.05, 0.1) is 18.4 Å². The summed E-state index contributed by atoms with van der Waals surface area (Å²) in [6.07, 6.45) is 7.40. The monoisotopic (exact) mass is 311 g/mol. The molecule has 0 spiro atoms. The van der Waals surface area contributed by atoms with Crippen molar-refractivity contribution in [2.45, 2.75) is 45.1 Å². The Balaban J connectivity index is 1.49. The van der Waals surface area contributed by atoms with E-state index >= 15 is 0 Å². The lowest BCUT2D eigenvalue weighted by molar-refractivity contribution is -0.0986. The van der Waals surface area contributed by atoms with Crippen molar-refractivity contribution < 1.29 is 4.74 Å². The molecule has 1 aromatic carbocycles. The average molecular weight is 311 g/mol. The first-order valence-electron chi connectivity index (χ1n) is 8.76. The van der Waals surface area contributed by atoms with Crippen LogP contribution in [0.3, 0.4) is 0 Å². The molecule has 1 aliphatic heterocycles. The molecule has 0 N–H and O–H groups in total. The number of aryl methyl sites for hydroxylation is 1. The van der Waals surface area contributed by atoms with E-state index in [9.17, 15) is 0 Å². The predicted octanol–water partition coefficient (Wildman–Crippen LogP) is 3.26. The molecule has 0 bridgehead atoms. The minimum atomic E-state index is 0.191. The van der Waals surface area contributed by atoms with E-state index in [4.69, 9.17) is 4.74 Å². The number of hydrogen-bond donors (Lipinski definition) is 0. The van der Waals surface area contributed by atoms with Crippen molar-refractivity contribution in [1.82, 2.24) is 14.7 Å². The van der Waals surface area contributed by atoms with Crippen LogP contribution in [-0.2, 0) is 17.8 Å². The van der Waals surface area contributed by atoms with Gasteiger partial charge in [-0.05, 0) is 31.2 Å². The van der Waals surface area contributed by atoms with Gasteiger partial charge in [-0.15, -0.1) is 0 Å². The maximum absolute atomic E-state index is 6.43. The molecule has 0 radical (unpaired) electrons. The summed E-state index contributed by atoms with van der Waals surface area (Å²) in [5.74, 6) is 0.766. The van der Waals surface area contributed by atoms with Crippen LogP contribution in [0.15, 0.2) is 42.7 Å². The Bertz CT molecular complexity index is 635. The van der Waals surface area contributed by atoms with Crippen LogP contribution < -0.4 is 0 Å². The number of nitrogens with zero attached hydrogens (tertiary/aromatic N) is 3. The Morgan fingerprint density at radius 1 is 1.17 bits per heavy atom. The fraction of sp³-hybridized carbons (Fsp3) is 0.526. The number of hydrogen-bond acceptors (Lipinski definition) is 3. The van der Waals surface area contributed by atoms with Crippen molar-refractivity contribution in [3.63, 3.8) is 0 Å². The summed E-state index contributed by atoms with van der Waals surface area (Å²) >= 11 is 0. The molecule has 1 saturated carbocycles. The van der Waals surface area contributed by atoms with Gasteiger partial charge in [0.1, 0.15) is 0 Å². The highest BCUT2D eigenvalue weighted by Gasteiger charge is 2.38. The van der Waals surface area contributed by atoms with Crippen LogP contribution >= 0.6 is 0 Å². The van der Waals surface area contributed by atoms with E-state index in [0.29, 0.717) is 6.10 Å². The SMILES string of the molecule is CCn1cc(CN2C[C@@H](c3ccccc3)O[C@@H](C3CC3)C2)cn1. The van der Waals surface area contributed by atoms with Gasteiger partial charge in [-0.25, -0.2) is 0 Å². The first kappa shape index (κ1) is 14.9. The molecule has 4 nitrogen and oxygen atoms in total. The van der Waals surface area contributed by atoms with Crippen LogP contribution in [0.25, 0.3) is 0 Å². The molecule has 1 aromatic heterocycles. The van der Waals surface area contributed by atoms with Gasteiger partial charge in [-0.1, -0.05) is 30.3 Å². The van der Waals surface area contributed by atoms with E-state index in [1.165, 1.54) is 24.0 Å². The topological polar surface area (TPSA) is 30.3 Å². The number of morpholine rings is 1. The van der Waals surface area contributed by atoms with E-state index in [1.807, 2.05) is 10.9 Å². The quantitative estimate of drug-likeness (QED) is 0.849. The molecule has 2 atom stereocenters. The molecule has 1 aliphatic carbocycles. The smallest absolute Gasteiger partial charge is 0.0956 e. The highest BCUT2D eigenvalue weighted by atomic mass is 16.5. The Hall–Kier alpha value is -1.65. The maximum Gasteiger partial charge on any atom is 0.0956 e. The fourth-order valence-electron chi connectivity index (χ4n) is 3.49. The number of ether oxygens (including phenoxy) is 1. The molecule has 2 fully saturated rings. The molecule has 4 heteroatoms. The van der Waals surface area contributed by atoms with Gasteiger partial charge in [0, 0.05) is 37.9 Å². The molecule has 2 heterocycles. The Labute approximate surface area is 138 Å². The fourth-order valence-corrected chi connectivity index (χ4v) is 3.49. The Morgan fingerprint density at radius 2 is 2.00 bits per heavy atom. The summed E-state index contributed by atoms with van der Waals surface area (Å²) < 4.78 is 8.43. The number of rotatable bonds is 5. The van der Waals surface area contributed by atoms with Crippen LogP contribution in [-0.4, -0.2) is 33.9 Å². The van der Waals surface area contributed by atoms with Crippen molar-refractivity contribution in [2.75, 3.05) is 13.1 Å². The second-order valence-electron chi connectivity index (χ2n) is 6.81. The van der Waals surface area contributed by atoms with Gasteiger partial charge in [0.2, 0.25) is 0 Å². The normalized spacial score (nSPS) is 25.6. The molecule has 1 saturated heterocycles. The highest BCUT2D eigenvalue weighted by molar-refractivity contribution is 5.19. The summed E-state index contributed by atoms with van der Waals surface area (Å²) in [7, 11) is 0. The summed E-state index contributed by atoms with van der Waals surface area (Å²) in [4.78, 5) is 2.54. The van der Waals surface area contributed by atoms with Crippen molar-refractivity contribution in [2.24, 2.45) is 5.92 Å². The Kier molecular flexibility index (Phi) is 4.19. The lowest BCUT2D eigenvalue weighted by Gasteiger charge is -2.38. The van der Waals surface area contributed by atoms with Crippen LogP contribution in [0.4, 0.5) is 0 Å². The summed E-state index contributed by atoms with van der Waals surface area (Å²) in [5, 5.41) is 4.40. The lowest BCUT2D eigenvalue weighted by atomic mass is 10.0. The van der Waals surface area contributed by atoms with Gasteiger partial charge in [-0.3, -0.25) is 9.58 Å². The molecule has 0 unspecified atom stereocenters. The zero-order chi connectivity index (χ0) is 15.6. The molecule has 23 heavy (non-hydrogen) atoms. The van der Waals surface area contributed by atoms with E-state index in [0.717, 1.165) is 32.1 Å². The third-order valence-electron chi connectivity index (χ3n) is 4.94. The largest absolute Gasteiger partial charge is 0.367 e. The number of benzene rings is 1. The minimum Gasteiger partial charge on any atom is -0.367 e. The zero-order valence-corrected chi connectivity index (χ0v) is 13.8. The van der Waals surface area contributed by atoms with Crippen LogP contribution in [0.5, 0.6) is 0 Å². The van der Waals surface area contributed by atoms with Crippen molar-refractivity contribution in [1.29, 1.82) is 0 Å². The van der Waals surface area contributed by atoms with E-state index in [2.05, 4.69) is 53.5 Å². The zero-order valence-electron chi connectivity index (χ0n) is 13.8. The highest BCUT2D eigenvalue weighted by Crippen LogP contribution is 2.39. The van der Waals surface area contributed by atoms with Crippen LogP contribution in [0, 0.1) is 5.92 Å². The third-order valence-corrected chi connectivity index (χ3v) is 4.94. The molecule has 2 aliphatic rings. The summed E-state index contributed by atoms with van der Waals surface area (Å²) in [6, 6.07) is 10.7. The van der Waals surface area contributed by atoms with Crippen molar-refractivity contribution in [3.05, 3.63) is 53.9 Å². The first-order chi connectivity index (χ1) is 11.3. The van der Waals surface area contributed by atoms with Gasteiger partial charge >= 0.3 is 0 Å². The molecule has 122 valence electrons. The van der Waals surface area contributed by atoms with Crippen molar-refractivity contribution in [3.8, 4) is 0 Å². The van der Waals surface area contributed by atoms with Gasteiger partial charge in [-0.2, -0.15) is 5.10 Å². The minimum absolute atomic E-state index is 0.191. The van der Waals surface area contributed by atoms with E-state index in [1.54, 1.807) is 0 Å². The molecule has 2 aromatic rings. The van der Waals surface area contributed by atoms with Gasteiger partial charge in [0.25, 0.3) is 0 Å². The lowest BCUT2D eigenvalue weighted by Crippen LogP contribution is -2.44. The van der Waals surface area contributed by atoms with Gasteiger partial charge in [0.15, 0.2) is 0 Å². The average Bonchev–Trinajstić information content (AvgIpc) is 3.36. The second kappa shape index (κ2) is 6.46. The van der Waals surface area contributed by atoms with Crippen molar-refractivity contribution >= 4 is 0 Å². The second-order valence-corrected chi connectivity index (χ2v) is 6.81. The van der Waals surface area contributed by atoms with Crippen LogP contribution in [0.1, 0.15) is 37.0 Å². The molecule has 4 rings (SSSR count). The summed E-state index contributed by atoms with van der Waals surface area (Å²) in [5.41, 5.74) is 2.60.